The lowest BCUT2D eigenvalue weighted by Crippen LogP contribution is -2.30. The second-order valence-corrected chi connectivity index (χ2v) is 6.35. The van der Waals surface area contributed by atoms with Crippen LogP contribution in [0, 0.1) is 0 Å². The number of carbonyl (C=O) groups is 2. The highest BCUT2D eigenvalue weighted by Crippen LogP contribution is 2.15. The molecule has 0 unspecified atom stereocenters. The van der Waals surface area contributed by atoms with Crippen molar-refractivity contribution in [3.63, 3.8) is 0 Å². The van der Waals surface area contributed by atoms with Gasteiger partial charge in [-0.3, -0.25) is 9.59 Å². The van der Waals surface area contributed by atoms with Crippen LogP contribution in [0.25, 0.3) is 6.08 Å². The molecule has 0 saturated carbocycles. The number of hydrogen-bond donors (Lipinski definition) is 2. The zero-order valence-corrected chi connectivity index (χ0v) is 16.5. The van der Waals surface area contributed by atoms with Crippen LogP contribution in [0.15, 0.2) is 103 Å². The van der Waals surface area contributed by atoms with Crippen LogP contribution in [-0.2, 0) is 4.79 Å². The summed E-state index contributed by atoms with van der Waals surface area (Å²) in [4.78, 5) is 25.4. The third kappa shape index (κ3) is 5.94. The van der Waals surface area contributed by atoms with Crippen molar-refractivity contribution in [3.8, 4) is 5.75 Å². The average molecular weight is 398 g/mol. The number of amides is 2. The minimum Gasteiger partial charge on any atom is -0.497 e. The quantitative estimate of drug-likeness (QED) is 0.449. The molecule has 0 bridgehead atoms. The lowest BCUT2D eigenvalue weighted by molar-refractivity contribution is -0.113. The minimum absolute atomic E-state index is 0.131. The average Bonchev–Trinajstić information content (AvgIpc) is 2.80. The van der Waals surface area contributed by atoms with Crippen molar-refractivity contribution in [2.45, 2.75) is 0 Å². The van der Waals surface area contributed by atoms with Crippen molar-refractivity contribution < 1.29 is 14.3 Å². The highest BCUT2D eigenvalue weighted by molar-refractivity contribution is 6.08. The molecule has 5 heteroatoms. The second-order valence-electron chi connectivity index (χ2n) is 6.35. The normalized spacial score (nSPS) is 11.2. The monoisotopic (exact) mass is 398 g/mol. The van der Waals surface area contributed by atoms with Gasteiger partial charge in [-0.05, 0) is 48.0 Å². The Labute approximate surface area is 175 Å². The molecule has 0 aliphatic heterocycles. The maximum atomic E-state index is 12.8. The van der Waals surface area contributed by atoms with Gasteiger partial charge in [0.15, 0.2) is 0 Å². The Morgan fingerprint density at radius 1 is 0.833 bits per heavy atom. The van der Waals surface area contributed by atoms with E-state index in [0.717, 1.165) is 5.56 Å². The first-order chi connectivity index (χ1) is 14.7. The van der Waals surface area contributed by atoms with E-state index in [1.165, 1.54) is 0 Å². The first kappa shape index (κ1) is 20.6. The van der Waals surface area contributed by atoms with Crippen LogP contribution < -0.4 is 15.4 Å². The zero-order chi connectivity index (χ0) is 21.2. The van der Waals surface area contributed by atoms with Crippen molar-refractivity contribution in [2.24, 2.45) is 0 Å². The second kappa shape index (κ2) is 10.4. The molecule has 2 amide bonds. The molecule has 0 fully saturated rings. The molecule has 0 aromatic heterocycles. The van der Waals surface area contributed by atoms with Gasteiger partial charge in [0.2, 0.25) is 0 Å². The van der Waals surface area contributed by atoms with Gasteiger partial charge in [-0.25, -0.2) is 0 Å². The van der Waals surface area contributed by atoms with Crippen LogP contribution in [-0.4, -0.2) is 18.9 Å². The van der Waals surface area contributed by atoms with Crippen LogP contribution >= 0.6 is 0 Å². The summed E-state index contributed by atoms with van der Waals surface area (Å²) in [7, 11) is 1.58. The predicted molar refractivity (Wildman–Crippen MR) is 119 cm³/mol. The molecule has 3 aromatic rings. The Morgan fingerprint density at radius 2 is 1.47 bits per heavy atom. The summed E-state index contributed by atoms with van der Waals surface area (Å²) >= 11 is 0. The van der Waals surface area contributed by atoms with Crippen molar-refractivity contribution in [2.75, 3.05) is 12.4 Å². The fraction of sp³-hybridized carbons (Fsp3) is 0.0400. The van der Waals surface area contributed by atoms with Crippen molar-refractivity contribution in [1.29, 1.82) is 0 Å². The number of allylic oxidation sites excluding steroid dienone is 2. The number of methoxy groups -OCH3 is 1. The summed E-state index contributed by atoms with van der Waals surface area (Å²) in [5.74, 6) is -0.103. The fourth-order valence-corrected chi connectivity index (χ4v) is 2.65. The molecule has 3 rings (SSSR count). The predicted octanol–water partition coefficient (Wildman–Crippen LogP) is 4.66. The highest BCUT2D eigenvalue weighted by Gasteiger charge is 2.14. The molecule has 3 aromatic carbocycles. The van der Waals surface area contributed by atoms with Crippen molar-refractivity contribution in [3.05, 3.63) is 114 Å². The largest absolute Gasteiger partial charge is 0.497 e. The third-order valence-electron chi connectivity index (χ3n) is 4.23. The smallest absolute Gasteiger partial charge is 0.272 e. The van der Waals surface area contributed by atoms with E-state index in [4.69, 9.17) is 4.74 Å². The molecule has 0 aliphatic rings. The highest BCUT2D eigenvalue weighted by atomic mass is 16.5. The van der Waals surface area contributed by atoms with E-state index in [-0.39, 0.29) is 11.6 Å². The number of benzene rings is 3. The molecule has 30 heavy (non-hydrogen) atoms. The summed E-state index contributed by atoms with van der Waals surface area (Å²) in [6, 6.07) is 25.4. The topological polar surface area (TPSA) is 67.4 Å². The van der Waals surface area contributed by atoms with Gasteiger partial charge in [-0.1, -0.05) is 60.7 Å². The van der Waals surface area contributed by atoms with Crippen LogP contribution in [0.1, 0.15) is 15.9 Å². The standard InChI is InChI=1S/C25H22N2O3/c1-30-22-17-15-21(16-18-22)26-25(29)23(14-8-11-19-9-4-2-5-10-19)27-24(28)20-12-6-3-7-13-20/h2-18H,1H3,(H,26,29)(H,27,28). The van der Waals surface area contributed by atoms with E-state index in [1.807, 2.05) is 42.5 Å². The minimum atomic E-state index is -0.429. The lowest BCUT2D eigenvalue weighted by atomic mass is 10.2. The number of ether oxygens (including phenoxy) is 1. The molecule has 5 nitrogen and oxygen atoms in total. The number of nitrogens with one attached hydrogen (secondary N) is 2. The van der Waals surface area contributed by atoms with Gasteiger partial charge in [0.25, 0.3) is 11.8 Å². The zero-order valence-electron chi connectivity index (χ0n) is 16.5. The Hall–Kier alpha value is -4.12. The SMILES string of the molecule is COc1ccc(NC(=O)C(=CC=Cc2ccccc2)NC(=O)c2ccccc2)cc1. The van der Waals surface area contributed by atoms with Gasteiger partial charge in [-0.2, -0.15) is 0 Å². The van der Waals surface area contributed by atoms with E-state index < -0.39 is 5.91 Å². The molecular formula is C25H22N2O3. The summed E-state index contributed by atoms with van der Waals surface area (Å²) < 4.78 is 5.13. The Kier molecular flexibility index (Phi) is 7.17. The summed E-state index contributed by atoms with van der Waals surface area (Å²) in [5.41, 5.74) is 2.17. The van der Waals surface area contributed by atoms with Gasteiger partial charge in [0, 0.05) is 11.3 Å². The molecular weight excluding hydrogens is 376 g/mol. The molecule has 150 valence electrons. The summed E-state index contributed by atoms with van der Waals surface area (Å²) in [5, 5.41) is 5.48. The molecule has 2 N–H and O–H groups in total. The first-order valence-electron chi connectivity index (χ1n) is 9.41. The number of hydrogen-bond acceptors (Lipinski definition) is 3. The van der Waals surface area contributed by atoms with Gasteiger partial charge >= 0.3 is 0 Å². The van der Waals surface area contributed by atoms with E-state index >= 15 is 0 Å². The number of anilines is 1. The van der Waals surface area contributed by atoms with E-state index in [9.17, 15) is 9.59 Å². The third-order valence-corrected chi connectivity index (χ3v) is 4.23. The maximum absolute atomic E-state index is 12.8. The van der Waals surface area contributed by atoms with Crippen molar-refractivity contribution in [1.82, 2.24) is 5.32 Å². The van der Waals surface area contributed by atoms with E-state index in [1.54, 1.807) is 67.8 Å². The van der Waals surface area contributed by atoms with Crippen LogP contribution in [0.5, 0.6) is 5.75 Å². The summed E-state index contributed by atoms with van der Waals surface area (Å²) in [6.45, 7) is 0. The van der Waals surface area contributed by atoms with Crippen molar-refractivity contribution >= 4 is 23.6 Å². The fourth-order valence-electron chi connectivity index (χ4n) is 2.65. The van der Waals surface area contributed by atoms with Gasteiger partial charge in [0.05, 0.1) is 7.11 Å². The van der Waals surface area contributed by atoms with Crippen LogP contribution in [0.4, 0.5) is 5.69 Å². The first-order valence-corrected chi connectivity index (χ1v) is 9.41. The van der Waals surface area contributed by atoms with Gasteiger partial charge < -0.3 is 15.4 Å². The van der Waals surface area contributed by atoms with Crippen LogP contribution in [0.2, 0.25) is 0 Å². The molecule has 0 saturated heterocycles. The number of carbonyl (C=O) groups excluding carboxylic acids is 2. The Bertz CT molecular complexity index is 1040. The molecule has 0 spiro atoms. The molecule has 0 atom stereocenters. The Balaban J connectivity index is 1.79. The molecule has 0 radical (unpaired) electrons. The van der Waals surface area contributed by atoms with Crippen LogP contribution in [0.3, 0.4) is 0 Å². The lowest BCUT2D eigenvalue weighted by Gasteiger charge is -2.11. The van der Waals surface area contributed by atoms with E-state index in [2.05, 4.69) is 10.6 Å². The Morgan fingerprint density at radius 3 is 2.10 bits per heavy atom. The van der Waals surface area contributed by atoms with E-state index in [0.29, 0.717) is 17.0 Å². The molecule has 0 heterocycles. The molecule has 0 aliphatic carbocycles. The summed E-state index contributed by atoms with van der Waals surface area (Å²) in [6.07, 6.45) is 5.16. The van der Waals surface area contributed by atoms with Gasteiger partial charge in [0.1, 0.15) is 11.4 Å². The van der Waals surface area contributed by atoms with Gasteiger partial charge in [-0.15, -0.1) is 0 Å². The number of rotatable bonds is 7. The maximum Gasteiger partial charge on any atom is 0.272 e.